The summed E-state index contributed by atoms with van der Waals surface area (Å²) in [6.45, 7) is 0.0310. The van der Waals surface area contributed by atoms with Gasteiger partial charge >= 0.3 is 0 Å². The molecule has 1 fully saturated rings. The van der Waals surface area contributed by atoms with Crippen molar-refractivity contribution in [2.45, 2.75) is 127 Å². The number of amides is 1. The fraction of sp³-hybridized carbons (Fsp3) is 0.875. The average Bonchev–Trinajstić information content (AvgIpc) is 2.78. The Morgan fingerprint density at radius 3 is 2.10 bits per heavy atom. The molecule has 5 N–H and O–H groups in total. The summed E-state index contributed by atoms with van der Waals surface area (Å²) in [6.07, 6.45) is 14.1. The predicted octanol–water partition coefficient (Wildman–Crippen LogP) is 2.94. The summed E-state index contributed by atoms with van der Waals surface area (Å²) in [5, 5.41) is 41.4. The number of nitrogens with one attached hydrogen (secondary N) is 1. The third-order valence-electron chi connectivity index (χ3n) is 5.79. The smallest absolute Gasteiger partial charge is 0.220 e. The minimum absolute atomic E-state index is 0.290. The van der Waals surface area contributed by atoms with Gasteiger partial charge < -0.3 is 30.5 Å². The Balaban J connectivity index is 1.97. The van der Waals surface area contributed by atoms with E-state index in [2.05, 4.69) is 17.5 Å². The van der Waals surface area contributed by atoms with Crippen LogP contribution in [-0.2, 0) is 9.53 Å². The minimum Gasteiger partial charge on any atom is -0.394 e. The molecule has 7 heteroatoms. The van der Waals surface area contributed by atoms with Crippen molar-refractivity contribution in [3.63, 3.8) is 0 Å². The van der Waals surface area contributed by atoms with Crippen LogP contribution in [0.2, 0.25) is 0 Å². The van der Waals surface area contributed by atoms with Crippen LogP contribution < -0.4 is 5.32 Å². The summed E-state index contributed by atoms with van der Waals surface area (Å²) < 4.78 is 12.1. The highest BCUT2D eigenvalue weighted by atomic mass is 16.6. The summed E-state index contributed by atoms with van der Waals surface area (Å²) in [4.78, 5) is 12.1. The number of carbonyl (C=O) groups is 1. The van der Waals surface area contributed by atoms with Gasteiger partial charge in [-0.2, -0.15) is 0 Å². The Labute approximate surface area is 189 Å². The highest BCUT2D eigenvalue weighted by molar-refractivity contribution is 5.76. The molecule has 0 spiro atoms. The first-order valence-corrected chi connectivity index (χ1v) is 12.0. The number of aliphatic hydroxyl groups is 4. The lowest BCUT2D eigenvalue weighted by Gasteiger charge is -2.40. The second-order valence-corrected chi connectivity index (χ2v) is 8.51. The van der Waals surface area contributed by atoms with E-state index in [-0.39, 0.29) is 5.91 Å². The summed E-state index contributed by atoms with van der Waals surface area (Å²) in [5.74, 6) is -0.300. The fourth-order valence-electron chi connectivity index (χ4n) is 3.79. The van der Waals surface area contributed by atoms with E-state index in [1.807, 2.05) is 0 Å². The number of ether oxygens (including phenoxy) is 1. The van der Waals surface area contributed by atoms with Crippen molar-refractivity contribution < 1.29 is 31.3 Å². The van der Waals surface area contributed by atoms with Crippen molar-refractivity contribution in [3.8, 4) is 0 Å². The molecule has 7 nitrogen and oxygen atoms in total. The Kier molecular flexibility index (Phi) is 14.9. The van der Waals surface area contributed by atoms with E-state index in [0.717, 1.165) is 51.4 Å². The van der Waals surface area contributed by atoms with Crippen molar-refractivity contribution in [1.82, 2.24) is 5.32 Å². The monoisotopic (exact) mass is 444 g/mol. The largest absolute Gasteiger partial charge is 0.394 e. The van der Waals surface area contributed by atoms with Crippen LogP contribution in [0.1, 0.15) is 98.2 Å². The summed E-state index contributed by atoms with van der Waals surface area (Å²) in [5.41, 5.74) is 0. The van der Waals surface area contributed by atoms with Gasteiger partial charge in [-0.05, 0) is 32.1 Å². The van der Waals surface area contributed by atoms with E-state index in [1.54, 1.807) is 0 Å². The first-order chi connectivity index (χ1) is 15.5. The number of carbonyl (C=O) groups excluding carboxylic acids is 1. The molecule has 0 aromatic rings. The van der Waals surface area contributed by atoms with Gasteiger partial charge in [0.2, 0.25) is 5.91 Å². The quantitative estimate of drug-likeness (QED) is 0.174. The zero-order valence-electron chi connectivity index (χ0n) is 20.0. The number of rotatable bonds is 17. The Morgan fingerprint density at radius 1 is 0.903 bits per heavy atom. The molecule has 0 aromatic heterocycles. The summed E-state index contributed by atoms with van der Waals surface area (Å²) >= 11 is 0. The molecule has 0 radical (unpaired) electrons. The van der Waals surface area contributed by atoms with Crippen LogP contribution in [0.15, 0.2) is 12.2 Å². The van der Waals surface area contributed by atoms with Gasteiger partial charge in [0.1, 0.15) is 24.4 Å². The standard InChI is InChI=1S/C24H45NO6/c1-2-3-4-5-6-7-8-9-10-11-12-13-14-15-16-17-20(27)25-21-23(29)22(28)19(18-26)31-24(21)30/h9-10,19,21-24,26,28-30H,2-8,11-18H2,1H3,(H,25,27)/b10-9-/t19-,21-,22+,23-,24?/m1/s1/i1D. The zero-order valence-corrected chi connectivity index (χ0v) is 19.0. The second kappa shape index (κ2) is 17.6. The lowest BCUT2D eigenvalue weighted by atomic mass is 9.97. The highest BCUT2D eigenvalue weighted by Gasteiger charge is 2.44. The molecule has 1 heterocycles. The Bertz CT molecular complexity index is 507. The van der Waals surface area contributed by atoms with E-state index in [1.165, 1.54) is 32.1 Å². The van der Waals surface area contributed by atoms with Crippen molar-refractivity contribution in [1.29, 1.82) is 0 Å². The number of allylic oxidation sites excluding steroid dienone is 2. The molecule has 1 unspecified atom stereocenters. The molecule has 0 bridgehead atoms. The average molecular weight is 445 g/mol. The maximum atomic E-state index is 12.1. The Hall–Kier alpha value is -0.990. The zero-order chi connectivity index (χ0) is 23.6. The first-order valence-electron chi connectivity index (χ1n) is 12.8. The predicted molar refractivity (Wildman–Crippen MR) is 121 cm³/mol. The van der Waals surface area contributed by atoms with Gasteiger partial charge in [-0.25, -0.2) is 0 Å². The van der Waals surface area contributed by atoms with E-state index in [0.29, 0.717) is 13.3 Å². The van der Waals surface area contributed by atoms with Crippen molar-refractivity contribution >= 4 is 5.91 Å². The molecule has 1 rings (SSSR count). The molecule has 1 aliphatic rings. The molecule has 182 valence electrons. The molecule has 0 aliphatic carbocycles. The Morgan fingerprint density at radius 2 is 1.48 bits per heavy atom. The molecule has 1 amide bonds. The number of aliphatic hydroxyl groups excluding tert-OH is 4. The van der Waals surface area contributed by atoms with Gasteiger partial charge in [0.15, 0.2) is 6.29 Å². The van der Waals surface area contributed by atoms with E-state index in [4.69, 9.17) is 11.2 Å². The SMILES string of the molecule is [2H]CCCCCCCC/C=C\CCCCCCCC(=O)N[C@H]1C(O)O[C@H](CO)[C@H](O)[C@@H]1O. The second-order valence-electron chi connectivity index (χ2n) is 8.51. The molecule has 31 heavy (non-hydrogen) atoms. The normalized spacial score (nSPS) is 26.8. The van der Waals surface area contributed by atoms with Gasteiger partial charge in [-0.15, -0.1) is 0 Å². The highest BCUT2D eigenvalue weighted by Crippen LogP contribution is 2.20. The molecule has 0 aromatic carbocycles. The van der Waals surface area contributed by atoms with Crippen molar-refractivity contribution in [2.75, 3.05) is 6.61 Å². The molecular formula is C24H45NO6. The van der Waals surface area contributed by atoms with Crippen molar-refractivity contribution in [3.05, 3.63) is 12.2 Å². The topological polar surface area (TPSA) is 119 Å². The van der Waals surface area contributed by atoms with Crippen molar-refractivity contribution in [2.24, 2.45) is 0 Å². The third kappa shape index (κ3) is 12.0. The van der Waals surface area contributed by atoms with Crippen LogP contribution in [0.25, 0.3) is 0 Å². The molecular weight excluding hydrogens is 398 g/mol. The van der Waals surface area contributed by atoms with E-state index < -0.39 is 37.3 Å². The van der Waals surface area contributed by atoms with Gasteiger partial charge in [-0.1, -0.05) is 70.4 Å². The van der Waals surface area contributed by atoms with Crippen LogP contribution in [0, 0.1) is 0 Å². The van der Waals surface area contributed by atoms with Crippen LogP contribution in [-0.4, -0.2) is 63.6 Å². The molecule has 0 saturated carbocycles. The van der Waals surface area contributed by atoms with Gasteiger partial charge in [-0.3, -0.25) is 4.79 Å². The summed E-state index contributed by atoms with van der Waals surface area (Å²) in [6, 6.07) is -1.11. The first kappa shape index (κ1) is 26.3. The maximum Gasteiger partial charge on any atom is 0.220 e. The van der Waals surface area contributed by atoms with Crippen LogP contribution in [0.3, 0.4) is 0 Å². The minimum atomic E-state index is -1.47. The number of unbranched alkanes of at least 4 members (excludes halogenated alkanes) is 11. The molecule has 1 saturated heterocycles. The van der Waals surface area contributed by atoms with Crippen LogP contribution in [0.4, 0.5) is 0 Å². The van der Waals surface area contributed by atoms with Gasteiger partial charge in [0, 0.05) is 7.79 Å². The summed E-state index contributed by atoms with van der Waals surface area (Å²) in [7, 11) is 0. The van der Waals surface area contributed by atoms with Gasteiger partial charge in [0.05, 0.1) is 6.61 Å². The van der Waals surface area contributed by atoms with E-state index in [9.17, 15) is 20.1 Å². The van der Waals surface area contributed by atoms with Gasteiger partial charge in [0.25, 0.3) is 0 Å². The van der Waals surface area contributed by atoms with E-state index >= 15 is 0 Å². The number of hydrogen-bond acceptors (Lipinski definition) is 6. The molecule has 5 atom stereocenters. The molecule has 1 aliphatic heterocycles. The lowest BCUT2D eigenvalue weighted by Crippen LogP contribution is -2.64. The number of hydrogen-bond donors (Lipinski definition) is 5. The fourth-order valence-corrected chi connectivity index (χ4v) is 3.79. The lowest BCUT2D eigenvalue weighted by molar-refractivity contribution is -0.253. The maximum absolute atomic E-state index is 12.1. The third-order valence-corrected chi connectivity index (χ3v) is 5.79. The van der Waals surface area contributed by atoms with Crippen LogP contribution >= 0.6 is 0 Å². The van der Waals surface area contributed by atoms with Crippen LogP contribution in [0.5, 0.6) is 0 Å².